The van der Waals surface area contributed by atoms with Crippen molar-refractivity contribution in [3.05, 3.63) is 65.5 Å². The van der Waals surface area contributed by atoms with E-state index in [-0.39, 0.29) is 43.9 Å². The average Bonchev–Trinajstić information content (AvgIpc) is 3.43. The first-order valence-electron chi connectivity index (χ1n) is 13.4. The minimum absolute atomic E-state index is 0.0000507. The van der Waals surface area contributed by atoms with Crippen LogP contribution in [0.4, 0.5) is 14.9 Å². The van der Waals surface area contributed by atoms with Crippen LogP contribution in [-0.4, -0.2) is 71.3 Å². The summed E-state index contributed by atoms with van der Waals surface area (Å²) in [5.74, 6) is -1.88. The summed E-state index contributed by atoms with van der Waals surface area (Å²) in [6.07, 6.45) is 2.47. The Hall–Kier alpha value is -3.69. The number of hydrogen-bond acceptors (Lipinski definition) is 9. The van der Waals surface area contributed by atoms with Gasteiger partial charge in [-0.2, -0.15) is 16.8 Å². The van der Waals surface area contributed by atoms with Crippen LogP contribution in [0.15, 0.2) is 48.5 Å². The van der Waals surface area contributed by atoms with E-state index in [9.17, 15) is 26.4 Å². The van der Waals surface area contributed by atoms with E-state index >= 15 is 4.39 Å². The second-order valence-corrected chi connectivity index (χ2v) is 14.4. The fourth-order valence-electron chi connectivity index (χ4n) is 4.64. The van der Waals surface area contributed by atoms with Gasteiger partial charge in [0.1, 0.15) is 30.2 Å². The fourth-order valence-corrected chi connectivity index (χ4v) is 6.22. The van der Waals surface area contributed by atoms with E-state index in [1.807, 2.05) is 10.8 Å². The zero-order valence-electron chi connectivity index (χ0n) is 24.2. The summed E-state index contributed by atoms with van der Waals surface area (Å²) in [5, 5.41) is 0. The van der Waals surface area contributed by atoms with E-state index in [1.54, 1.807) is 51.1 Å². The maximum atomic E-state index is 16.4. The van der Waals surface area contributed by atoms with Gasteiger partial charge in [-0.15, -0.1) is 0 Å². The van der Waals surface area contributed by atoms with Crippen LogP contribution in [0, 0.1) is 5.82 Å². The van der Waals surface area contributed by atoms with Gasteiger partial charge in [0.2, 0.25) is 0 Å². The quantitative estimate of drug-likeness (QED) is 0.305. The van der Waals surface area contributed by atoms with Crippen LogP contribution >= 0.6 is 0 Å². The molecule has 2 aliphatic heterocycles. The SMILES string of the molecule is CC(C)(C)OC(=O)N1CC(c2ccc(OCc3ccccc3)c(N3CC(=O)NS3(=O)=O)c2F)=CC1CCCOS(C)(=O)=O. The molecule has 2 aromatic rings. The largest absolute Gasteiger partial charge is 0.487 e. The highest BCUT2D eigenvalue weighted by Gasteiger charge is 2.40. The number of benzene rings is 2. The van der Waals surface area contributed by atoms with E-state index < -0.39 is 62.0 Å². The van der Waals surface area contributed by atoms with E-state index in [2.05, 4.69) is 0 Å². The van der Waals surface area contributed by atoms with Crippen molar-refractivity contribution >= 4 is 43.6 Å². The van der Waals surface area contributed by atoms with Crippen LogP contribution in [0.3, 0.4) is 0 Å². The average molecular weight is 640 g/mol. The number of amides is 2. The minimum atomic E-state index is -4.39. The number of ether oxygens (including phenoxy) is 2. The maximum Gasteiger partial charge on any atom is 0.411 e. The molecule has 1 fully saturated rings. The molecule has 0 aliphatic carbocycles. The molecule has 1 saturated heterocycles. The van der Waals surface area contributed by atoms with Crippen LogP contribution in [0.5, 0.6) is 5.75 Å². The Morgan fingerprint density at radius 2 is 1.81 bits per heavy atom. The normalized spacial score (nSPS) is 18.4. The van der Waals surface area contributed by atoms with Crippen molar-refractivity contribution in [1.82, 2.24) is 9.62 Å². The molecule has 2 amide bonds. The summed E-state index contributed by atoms with van der Waals surface area (Å²) < 4.78 is 83.3. The van der Waals surface area contributed by atoms with Crippen molar-refractivity contribution in [1.29, 1.82) is 0 Å². The number of halogens is 1. The summed E-state index contributed by atoms with van der Waals surface area (Å²) in [6, 6.07) is 11.2. The number of nitrogens with one attached hydrogen (secondary N) is 1. The summed E-state index contributed by atoms with van der Waals surface area (Å²) in [4.78, 5) is 26.5. The Labute approximate surface area is 250 Å². The number of anilines is 1. The van der Waals surface area contributed by atoms with E-state index in [0.717, 1.165) is 11.8 Å². The Bertz CT molecular complexity index is 1620. The molecule has 2 aliphatic rings. The summed E-state index contributed by atoms with van der Waals surface area (Å²) in [6.45, 7) is 4.30. The molecule has 2 heterocycles. The predicted molar refractivity (Wildman–Crippen MR) is 156 cm³/mol. The first-order valence-corrected chi connectivity index (χ1v) is 16.7. The Kier molecular flexibility index (Phi) is 9.37. The third kappa shape index (κ3) is 8.24. The fraction of sp³-hybridized carbons (Fsp3) is 0.429. The molecule has 1 unspecified atom stereocenters. The van der Waals surface area contributed by atoms with Gasteiger partial charge in [-0.1, -0.05) is 36.4 Å². The van der Waals surface area contributed by atoms with Crippen LogP contribution in [-0.2, 0) is 40.6 Å². The zero-order valence-corrected chi connectivity index (χ0v) is 25.8. The molecule has 12 nitrogen and oxygen atoms in total. The number of carbonyl (C=O) groups is 2. The van der Waals surface area contributed by atoms with Crippen LogP contribution < -0.4 is 13.8 Å². The monoisotopic (exact) mass is 639 g/mol. The molecule has 0 radical (unpaired) electrons. The molecular weight excluding hydrogens is 605 g/mol. The minimum Gasteiger partial charge on any atom is -0.487 e. The van der Waals surface area contributed by atoms with Gasteiger partial charge < -0.3 is 9.47 Å². The van der Waals surface area contributed by atoms with Crippen molar-refractivity contribution in [3.63, 3.8) is 0 Å². The molecule has 0 spiro atoms. The lowest BCUT2D eigenvalue weighted by Crippen LogP contribution is -2.40. The van der Waals surface area contributed by atoms with Gasteiger partial charge in [0.25, 0.3) is 16.0 Å². The molecule has 1 N–H and O–H groups in total. The Morgan fingerprint density at radius 1 is 1.12 bits per heavy atom. The molecule has 43 heavy (non-hydrogen) atoms. The molecule has 4 rings (SSSR count). The maximum absolute atomic E-state index is 16.4. The smallest absolute Gasteiger partial charge is 0.411 e. The molecule has 1 atom stereocenters. The highest BCUT2D eigenvalue weighted by atomic mass is 32.2. The van der Waals surface area contributed by atoms with Crippen molar-refractivity contribution < 1.29 is 44.5 Å². The summed E-state index contributed by atoms with van der Waals surface area (Å²) in [5.41, 5.74) is -0.139. The zero-order chi connectivity index (χ0) is 31.6. The van der Waals surface area contributed by atoms with Gasteiger partial charge in [0.15, 0.2) is 5.82 Å². The molecule has 0 aromatic heterocycles. The van der Waals surface area contributed by atoms with Gasteiger partial charge in [0.05, 0.1) is 25.4 Å². The first-order chi connectivity index (χ1) is 20.0. The van der Waals surface area contributed by atoms with Crippen molar-refractivity contribution in [2.45, 2.75) is 51.9 Å². The van der Waals surface area contributed by atoms with Gasteiger partial charge >= 0.3 is 16.3 Å². The van der Waals surface area contributed by atoms with E-state index in [1.165, 1.54) is 17.0 Å². The second-order valence-electron chi connectivity index (χ2n) is 11.1. The second kappa shape index (κ2) is 12.5. The lowest BCUT2D eigenvalue weighted by atomic mass is 10.0. The third-order valence-corrected chi connectivity index (χ3v) is 8.41. The van der Waals surface area contributed by atoms with Gasteiger partial charge in [-0.25, -0.2) is 18.2 Å². The van der Waals surface area contributed by atoms with Crippen molar-refractivity contribution in [2.75, 3.05) is 30.3 Å². The molecule has 234 valence electrons. The Morgan fingerprint density at radius 3 is 2.42 bits per heavy atom. The first kappa shape index (κ1) is 32.2. The lowest BCUT2D eigenvalue weighted by Gasteiger charge is -2.28. The molecule has 0 saturated carbocycles. The van der Waals surface area contributed by atoms with Crippen molar-refractivity contribution in [2.24, 2.45) is 0 Å². The molecular formula is C28H34FN3O9S2. The lowest BCUT2D eigenvalue weighted by molar-refractivity contribution is -0.117. The number of rotatable bonds is 10. The van der Waals surface area contributed by atoms with Gasteiger partial charge in [-0.05, 0) is 56.9 Å². The van der Waals surface area contributed by atoms with Crippen LogP contribution in [0.25, 0.3) is 5.57 Å². The topological polar surface area (TPSA) is 149 Å². The van der Waals surface area contributed by atoms with E-state index in [0.29, 0.717) is 9.88 Å². The third-order valence-electron chi connectivity index (χ3n) is 6.44. The Balaban J connectivity index is 1.69. The van der Waals surface area contributed by atoms with Crippen LogP contribution in [0.1, 0.15) is 44.7 Å². The predicted octanol–water partition coefficient (Wildman–Crippen LogP) is 3.34. The van der Waals surface area contributed by atoms with Crippen molar-refractivity contribution in [3.8, 4) is 5.75 Å². The summed E-state index contributed by atoms with van der Waals surface area (Å²) >= 11 is 0. The summed E-state index contributed by atoms with van der Waals surface area (Å²) in [7, 11) is -8.04. The molecule has 15 heteroatoms. The highest BCUT2D eigenvalue weighted by Crippen LogP contribution is 2.40. The standard InChI is InChI=1S/C28H34FN3O9S2/c1-28(2,3)41-27(34)31-16-20(15-21(31)11-8-14-40-42(4,35)36)22-12-13-23(39-18-19-9-6-5-7-10-19)26(25(22)29)32-17-24(33)30-43(32,37)38/h5-7,9-10,12-13,15,21H,8,11,14,16-18H2,1-4H3,(H,30,33). The number of nitrogens with zero attached hydrogens (tertiary/aromatic N) is 2. The highest BCUT2D eigenvalue weighted by molar-refractivity contribution is 7.92. The van der Waals surface area contributed by atoms with Crippen LogP contribution in [0.2, 0.25) is 0 Å². The van der Waals surface area contributed by atoms with E-state index in [4.69, 9.17) is 13.7 Å². The molecule has 2 aromatic carbocycles. The number of carbonyl (C=O) groups excluding carboxylic acids is 2. The van der Waals surface area contributed by atoms with Gasteiger partial charge in [0, 0.05) is 5.56 Å². The van der Waals surface area contributed by atoms with Gasteiger partial charge in [-0.3, -0.25) is 13.9 Å². The molecule has 0 bridgehead atoms. The number of hydrogen-bond donors (Lipinski definition) is 1.